The number of aromatic nitrogens is 2. The molecule has 0 atom stereocenters. The zero-order valence-corrected chi connectivity index (χ0v) is 18.9. The highest BCUT2D eigenvalue weighted by molar-refractivity contribution is 5.94. The van der Waals surface area contributed by atoms with Crippen molar-refractivity contribution in [1.82, 2.24) is 9.97 Å². The lowest BCUT2D eigenvalue weighted by Gasteiger charge is -2.32. The third-order valence-corrected chi connectivity index (χ3v) is 5.88. The Labute approximate surface area is 196 Å². The molecule has 2 aromatic carbocycles. The second kappa shape index (κ2) is 10.2. The third-order valence-electron chi connectivity index (χ3n) is 5.88. The number of non-ortho nitro benzene ring substituents is 1. The van der Waals surface area contributed by atoms with Crippen LogP contribution in [0, 0.1) is 16.0 Å². The lowest BCUT2D eigenvalue weighted by molar-refractivity contribution is -0.384. The number of methoxy groups -OCH3 is 2. The average molecular weight is 463 g/mol. The number of nitro benzene ring substituents is 1. The average Bonchev–Trinajstić information content (AvgIpc) is 2.88. The molecule has 3 aromatic rings. The van der Waals surface area contributed by atoms with Crippen LogP contribution in [0.15, 0.2) is 54.9 Å². The van der Waals surface area contributed by atoms with E-state index in [2.05, 4.69) is 20.2 Å². The Morgan fingerprint density at radius 3 is 2.44 bits per heavy atom. The monoisotopic (exact) mass is 463 g/mol. The molecular weight excluding hydrogens is 438 g/mol. The molecule has 2 heterocycles. The van der Waals surface area contributed by atoms with E-state index in [1.54, 1.807) is 13.4 Å². The van der Waals surface area contributed by atoms with Gasteiger partial charge in [-0.15, -0.1) is 0 Å². The molecular formula is C24H25N5O5. The van der Waals surface area contributed by atoms with Gasteiger partial charge in [0, 0.05) is 42.8 Å². The van der Waals surface area contributed by atoms with Gasteiger partial charge in [0.1, 0.15) is 23.6 Å². The second-order valence-corrected chi connectivity index (χ2v) is 7.88. The maximum absolute atomic E-state index is 12.9. The number of anilines is 2. The van der Waals surface area contributed by atoms with E-state index >= 15 is 0 Å². The standard InChI is InChI=1S/C24H25N5O5/c1-33-19-6-3-16(4-7-19)20-14-23(26-15-25-20)28-11-9-17(10-12-28)24(30)27-21-13-18(29(31)32)5-8-22(21)34-2/h3-8,13-15,17H,9-12H2,1-2H3,(H,27,30). The molecule has 34 heavy (non-hydrogen) atoms. The van der Waals surface area contributed by atoms with Crippen LogP contribution in [0.25, 0.3) is 11.3 Å². The third kappa shape index (κ3) is 5.06. The first-order chi connectivity index (χ1) is 16.5. The van der Waals surface area contributed by atoms with Crippen LogP contribution in [0.2, 0.25) is 0 Å². The number of piperidine rings is 1. The van der Waals surface area contributed by atoms with E-state index in [-0.39, 0.29) is 17.5 Å². The maximum atomic E-state index is 12.9. The smallest absolute Gasteiger partial charge is 0.271 e. The number of nitro groups is 1. The molecule has 0 unspecified atom stereocenters. The number of hydrogen-bond acceptors (Lipinski definition) is 8. The van der Waals surface area contributed by atoms with Crippen LogP contribution in [-0.2, 0) is 4.79 Å². The van der Waals surface area contributed by atoms with E-state index in [4.69, 9.17) is 9.47 Å². The Hall–Kier alpha value is -4.21. The van der Waals surface area contributed by atoms with Crippen LogP contribution in [0.4, 0.5) is 17.2 Å². The quantitative estimate of drug-likeness (QED) is 0.413. The molecule has 1 amide bonds. The first-order valence-electron chi connectivity index (χ1n) is 10.8. The Bertz CT molecular complexity index is 1180. The molecule has 0 saturated carbocycles. The number of carbonyl (C=O) groups is 1. The fourth-order valence-electron chi connectivity index (χ4n) is 3.95. The van der Waals surface area contributed by atoms with Crippen LogP contribution in [0.3, 0.4) is 0 Å². The molecule has 1 saturated heterocycles. The SMILES string of the molecule is COc1ccc(-c2cc(N3CCC(C(=O)Nc4cc([N+](=O)[O-])ccc4OC)CC3)ncn2)cc1. The molecule has 0 aliphatic carbocycles. The van der Waals surface area contributed by atoms with Crippen LogP contribution >= 0.6 is 0 Å². The van der Waals surface area contributed by atoms with E-state index < -0.39 is 4.92 Å². The minimum absolute atomic E-state index is 0.109. The lowest BCUT2D eigenvalue weighted by atomic mass is 9.95. The van der Waals surface area contributed by atoms with Gasteiger partial charge in [-0.25, -0.2) is 9.97 Å². The molecule has 1 aromatic heterocycles. The number of carbonyl (C=O) groups excluding carboxylic acids is 1. The summed E-state index contributed by atoms with van der Waals surface area (Å²) < 4.78 is 10.4. The molecule has 0 spiro atoms. The van der Waals surface area contributed by atoms with Crippen LogP contribution in [0.5, 0.6) is 11.5 Å². The number of rotatable bonds is 7. The number of nitrogens with zero attached hydrogens (tertiary/aromatic N) is 4. The molecule has 10 nitrogen and oxygen atoms in total. The molecule has 4 rings (SSSR count). The Morgan fingerprint density at radius 2 is 1.79 bits per heavy atom. The summed E-state index contributed by atoms with van der Waals surface area (Å²) >= 11 is 0. The van der Waals surface area contributed by atoms with E-state index in [0.29, 0.717) is 37.4 Å². The van der Waals surface area contributed by atoms with Gasteiger partial charge in [-0.1, -0.05) is 0 Å². The summed E-state index contributed by atoms with van der Waals surface area (Å²) in [5.74, 6) is 1.56. The number of nitrogens with one attached hydrogen (secondary N) is 1. The number of ether oxygens (including phenoxy) is 2. The van der Waals surface area contributed by atoms with Crippen molar-refractivity contribution in [2.24, 2.45) is 5.92 Å². The minimum atomic E-state index is -0.504. The van der Waals surface area contributed by atoms with Crippen molar-refractivity contribution in [2.45, 2.75) is 12.8 Å². The van der Waals surface area contributed by atoms with Gasteiger partial charge >= 0.3 is 0 Å². The Kier molecular flexibility index (Phi) is 6.86. The van der Waals surface area contributed by atoms with Crippen molar-refractivity contribution >= 4 is 23.1 Å². The van der Waals surface area contributed by atoms with E-state index in [1.807, 2.05) is 30.3 Å². The van der Waals surface area contributed by atoms with Gasteiger partial charge in [0.15, 0.2) is 0 Å². The summed E-state index contributed by atoms with van der Waals surface area (Å²) in [5.41, 5.74) is 1.96. The van der Waals surface area contributed by atoms with Crippen molar-refractivity contribution < 1.29 is 19.2 Å². The first kappa shape index (κ1) is 23.0. The van der Waals surface area contributed by atoms with Crippen molar-refractivity contribution in [3.8, 4) is 22.8 Å². The normalized spacial score (nSPS) is 13.9. The molecule has 0 radical (unpaired) electrons. The number of amides is 1. The summed E-state index contributed by atoms with van der Waals surface area (Å²) in [6.07, 6.45) is 2.80. The zero-order valence-electron chi connectivity index (χ0n) is 18.9. The van der Waals surface area contributed by atoms with Crippen molar-refractivity contribution in [3.05, 3.63) is 65.0 Å². The highest BCUT2D eigenvalue weighted by Gasteiger charge is 2.27. The maximum Gasteiger partial charge on any atom is 0.271 e. The van der Waals surface area contributed by atoms with E-state index in [9.17, 15) is 14.9 Å². The van der Waals surface area contributed by atoms with Crippen LogP contribution in [0.1, 0.15) is 12.8 Å². The summed E-state index contributed by atoms with van der Waals surface area (Å²) in [7, 11) is 3.08. The molecule has 1 aliphatic heterocycles. The van der Waals surface area contributed by atoms with Crippen LogP contribution in [-0.4, -0.2) is 48.1 Å². The second-order valence-electron chi connectivity index (χ2n) is 7.88. The van der Waals surface area contributed by atoms with Gasteiger partial charge in [-0.05, 0) is 43.2 Å². The molecule has 176 valence electrons. The van der Waals surface area contributed by atoms with Crippen molar-refractivity contribution in [1.29, 1.82) is 0 Å². The van der Waals surface area contributed by atoms with E-state index in [0.717, 1.165) is 22.8 Å². The fraction of sp³-hybridized carbons (Fsp3) is 0.292. The molecule has 1 aliphatic rings. The van der Waals surface area contributed by atoms with Crippen molar-refractivity contribution in [3.63, 3.8) is 0 Å². The molecule has 0 bridgehead atoms. The summed E-state index contributed by atoms with van der Waals surface area (Å²) in [6.45, 7) is 1.31. The summed E-state index contributed by atoms with van der Waals surface area (Å²) in [5, 5.41) is 13.9. The highest BCUT2D eigenvalue weighted by atomic mass is 16.6. The summed E-state index contributed by atoms with van der Waals surface area (Å²) in [4.78, 5) is 34.4. The van der Waals surface area contributed by atoms with Crippen molar-refractivity contribution in [2.75, 3.05) is 37.5 Å². The minimum Gasteiger partial charge on any atom is -0.497 e. The fourth-order valence-corrected chi connectivity index (χ4v) is 3.95. The first-order valence-corrected chi connectivity index (χ1v) is 10.8. The van der Waals surface area contributed by atoms with Gasteiger partial charge in [0.2, 0.25) is 5.91 Å². The topological polar surface area (TPSA) is 120 Å². The Balaban J connectivity index is 1.40. The number of hydrogen-bond donors (Lipinski definition) is 1. The lowest BCUT2D eigenvalue weighted by Crippen LogP contribution is -2.38. The predicted octanol–water partition coefficient (Wildman–Crippen LogP) is 3.92. The van der Waals surface area contributed by atoms with Gasteiger partial charge in [0.05, 0.1) is 30.5 Å². The highest BCUT2D eigenvalue weighted by Crippen LogP contribution is 2.31. The molecule has 1 fully saturated rings. The zero-order chi connectivity index (χ0) is 24.1. The largest absolute Gasteiger partial charge is 0.497 e. The van der Waals surface area contributed by atoms with Gasteiger partial charge in [-0.2, -0.15) is 0 Å². The molecule has 10 heteroatoms. The van der Waals surface area contributed by atoms with Crippen LogP contribution < -0.4 is 19.7 Å². The summed E-state index contributed by atoms with van der Waals surface area (Å²) in [6, 6.07) is 13.7. The van der Waals surface area contributed by atoms with Gasteiger partial charge < -0.3 is 19.7 Å². The predicted molar refractivity (Wildman–Crippen MR) is 127 cm³/mol. The van der Waals surface area contributed by atoms with Gasteiger partial charge in [0.25, 0.3) is 5.69 Å². The Morgan fingerprint density at radius 1 is 1.06 bits per heavy atom. The van der Waals surface area contributed by atoms with Gasteiger partial charge in [-0.3, -0.25) is 14.9 Å². The van der Waals surface area contributed by atoms with E-state index in [1.165, 1.54) is 25.3 Å². The molecule has 1 N–H and O–H groups in total. The number of benzene rings is 2.